The minimum atomic E-state index is -0.791. The molecule has 1 saturated heterocycles. The van der Waals surface area contributed by atoms with Gasteiger partial charge in [0.25, 0.3) is 11.7 Å². The normalized spacial score (nSPS) is 18.0. The first-order valence-electron chi connectivity index (χ1n) is 10.9. The maximum Gasteiger partial charge on any atom is 0.295 e. The van der Waals surface area contributed by atoms with E-state index in [1.54, 1.807) is 23.7 Å². The third-order valence-corrected chi connectivity index (χ3v) is 5.84. The first-order chi connectivity index (χ1) is 15.8. The number of aryl methyl sites for hydroxylation is 1. The van der Waals surface area contributed by atoms with Crippen molar-refractivity contribution in [3.63, 3.8) is 0 Å². The molecule has 1 amide bonds. The maximum absolute atomic E-state index is 13.1. The molecular formula is C25H28N4O4. The summed E-state index contributed by atoms with van der Waals surface area (Å²) in [6, 6.07) is 12.3. The Labute approximate surface area is 192 Å². The van der Waals surface area contributed by atoms with Crippen molar-refractivity contribution in [3.05, 3.63) is 77.0 Å². The highest BCUT2D eigenvalue weighted by Gasteiger charge is 2.47. The van der Waals surface area contributed by atoms with E-state index in [2.05, 4.69) is 5.10 Å². The molecule has 1 aliphatic heterocycles. The van der Waals surface area contributed by atoms with Gasteiger partial charge in [-0.15, -0.1) is 0 Å². The van der Waals surface area contributed by atoms with Crippen LogP contribution in [-0.4, -0.2) is 63.6 Å². The molecule has 172 valence electrons. The van der Waals surface area contributed by atoms with Crippen LogP contribution < -0.4 is 0 Å². The summed E-state index contributed by atoms with van der Waals surface area (Å²) in [5.41, 5.74) is 1.91. The first-order valence-corrected chi connectivity index (χ1v) is 10.9. The second-order valence-electron chi connectivity index (χ2n) is 8.49. The van der Waals surface area contributed by atoms with E-state index >= 15 is 0 Å². The summed E-state index contributed by atoms with van der Waals surface area (Å²) in [6.45, 7) is 4.74. The van der Waals surface area contributed by atoms with Crippen LogP contribution in [0.25, 0.3) is 11.4 Å². The third-order valence-electron chi connectivity index (χ3n) is 5.84. The van der Waals surface area contributed by atoms with Gasteiger partial charge in [0.05, 0.1) is 28.7 Å². The molecule has 1 fully saturated rings. The molecule has 1 aromatic carbocycles. The van der Waals surface area contributed by atoms with Crippen molar-refractivity contribution in [3.8, 4) is 5.69 Å². The second-order valence-corrected chi connectivity index (χ2v) is 8.49. The molecular weight excluding hydrogens is 420 g/mol. The minimum Gasteiger partial charge on any atom is -0.507 e. The molecule has 3 aromatic rings. The molecule has 0 bridgehead atoms. The van der Waals surface area contributed by atoms with Crippen molar-refractivity contribution in [2.24, 2.45) is 0 Å². The van der Waals surface area contributed by atoms with Crippen molar-refractivity contribution in [1.29, 1.82) is 0 Å². The molecule has 0 radical (unpaired) electrons. The molecule has 0 aliphatic carbocycles. The van der Waals surface area contributed by atoms with E-state index in [-0.39, 0.29) is 11.3 Å². The number of hydrogen-bond donors (Lipinski definition) is 1. The number of aliphatic hydroxyl groups is 1. The Balaban J connectivity index is 1.79. The van der Waals surface area contributed by atoms with Crippen molar-refractivity contribution in [1.82, 2.24) is 19.6 Å². The van der Waals surface area contributed by atoms with Gasteiger partial charge >= 0.3 is 0 Å². The molecule has 1 aliphatic rings. The Bertz CT molecular complexity index is 1210. The highest BCUT2D eigenvalue weighted by Crippen LogP contribution is 2.40. The predicted molar refractivity (Wildman–Crippen MR) is 124 cm³/mol. The number of amides is 1. The highest BCUT2D eigenvalue weighted by molar-refractivity contribution is 6.46. The van der Waals surface area contributed by atoms with Crippen LogP contribution in [0.15, 0.2) is 58.7 Å². The number of Topliss-reactive ketones (excluding diaryl/α,β-unsaturated/α-hetero) is 1. The van der Waals surface area contributed by atoms with Gasteiger partial charge in [-0.05, 0) is 65.2 Å². The summed E-state index contributed by atoms with van der Waals surface area (Å²) >= 11 is 0. The topological polar surface area (TPSA) is 91.8 Å². The minimum absolute atomic E-state index is 0.0231. The quantitative estimate of drug-likeness (QED) is 0.338. The Morgan fingerprint density at radius 1 is 1.12 bits per heavy atom. The Morgan fingerprint density at radius 3 is 2.48 bits per heavy atom. The van der Waals surface area contributed by atoms with E-state index in [9.17, 15) is 14.7 Å². The van der Waals surface area contributed by atoms with Crippen LogP contribution >= 0.6 is 0 Å². The monoisotopic (exact) mass is 448 g/mol. The van der Waals surface area contributed by atoms with Crippen LogP contribution in [0.1, 0.15) is 35.2 Å². The van der Waals surface area contributed by atoms with Crippen LogP contribution in [0.2, 0.25) is 0 Å². The zero-order valence-electron chi connectivity index (χ0n) is 19.3. The molecule has 8 heteroatoms. The Hall–Kier alpha value is -3.65. The number of aromatic nitrogens is 2. The maximum atomic E-state index is 13.1. The van der Waals surface area contributed by atoms with Crippen LogP contribution in [0.5, 0.6) is 0 Å². The fourth-order valence-electron chi connectivity index (χ4n) is 4.18. The van der Waals surface area contributed by atoms with Gasteiger partial charge in [-0.2, -0.15) is 5.10 Å². The van der Waals surface area contributed by atoms with Crippen LogP contribution in [0.3, 0.4) is 0 Å². The predicted octanol–water partition coefficient (Wildman–Crippen LogP) is 3.46. The Morgan fingerprint density at radius 2 is 1.85 bits per heavy atom. The number of carbonyl (C=O) groups excluding carboxylic acids is 2. The van der Waals surface area contributed by atoms with Gasteiger partial charge in [-0.25, -0.2) is 4.68 Å². The van der Waals surface area contributed by atoms with E-state index in [0.29, 0.717) is 35.7 Å². The highest BCUT2D eigenvalue weighted by atomic mass is 16.3. The first kappa shape index (κ1) is 22.5. The lowest BCUT2D eigenvalue weighted by molar-refractivity contribution is -0.140. The number of ketones is 1. The molecule has 2 aromatic heterocycles. The van der Waals surface area contributed by atoms with Crippen molar-refractivity contribution < 1.29 is 19.1 Å². The van der Waals surface area contributed by atoms with Crippen LogP contribution in [0.4, 0.5) is 0 Å². The van der Waals surface area contributed by atoms with Gasteiger partial charge in [0, 0.05) is 6.54 Å². The lowest BCUT2D eigenvalue weighted by atomic mass is 9.99. The van der Waals surface area contributed by atoms with Crippen LogP contribution in [0, 0.1) is 13.8 Å². The van der Waals surface area contributed by atoms with Crippen molar-refractivity contribution >= 4 is 17.4 Å². The number of nitrogens with zero attached hydrogens (tertiary/aromatic N) is 4. The second kappa shape index (κ2) is 9.07. The van der Waals surface area contributed by atoms with Crippen molar-refractivity contribution in [2.45, 2.75) is 26.3 Å². The third kappa shape index (κ3) is 4.21. The number of hydrogen-bond acceptors (Lipinski definition) is 6. The number of rotatable bonds is 7. The molecule has 1 atom stereocenters. The summed E-state index contributed by atoms with van der Waals surface area (Å²) in [5.74, 6) is -0.490. The number of para-hydroxylation sites is 1. The van der Waals surface area contributed by atoms with E-state index in [0.717, 1.165) is 12.2 Å². The zero-order valence-corrected chi connectivity index (χ0v) is 19.3. The van der Waals surface area contributed by atoms with E-state index < -0.39 is 17.7 Å². The summed E-state index contributed by atoms with van der Waals surface area (Å²) in [4.78, 5) is 29.6. The van der Waals surface area contributed by atoms with Gasteiger partial charge < -0.3 is 19.3 Å². The van der Waals surface area contributed by atoms with Gasteiger partial charge in [-0.1, -0.05) is 18.2 Å². The molecule has 1 N–H and O–H groups in total. The molecule has 3 heterocycles. The average molecular weight is 449 g/mol. The van der Waals surface area contributed by atoms with E-state index in [4.69, 9.17) is 4.42 Å². The molecule has 33 heavy (non-hydrogen) atoms. The Kier molecular flexibility index (Phi) is 6.20. The van der Waals surface area contributed by atoms with Gasteiger partial charge in [0.1, 0.15) is 23.3 Å². The largest absolute Gasteiger partial charge is 0.507 e. The fourth-order valence-corrected chi connectivity index (χ4v) is 4.18. The molecule has 0 saturated carbocycles. The summed E-state index contributed by atoms with van der Waals surface area (Å²) in [5, 5.41) is 15.7. The zero-order chi connectivity index (χ0) is 23.7. The molecule has 0 spiro atoms. The molecule has 0 unspecified atom stereocenters. The summed E-state index contributed by atoms with van der Waals surface area (Å²) < 4.78 is 7.51. The lowest BCUT2D eigenvalue weighted by Gasteiger charge is -2.24. The SMILES string of the molecule is Cc1ccc([C@@H]2/C(=C(\O)c3cnn(-c4ccccc4)c3C)C(=O)C(=O)N2CCCN(C)C)o1. The van der Waals surface area contributed by atoms with Crippen LogP contribution in [-0.2, 0) is 9.59 Å². The standard InChI is InChI=1S/C25H28N4O4/c1-16-11-12-20(33-16)22-21(24(31)25(32)28(22)14-8-13-27(3)4)23(30)19-15-26-29(17(19)2)18-9-6-5-7-10-18/h5-7,9-12,15,22,30H,8,13-14H2,1-4H3/b23-21+/t22-/m1/s1. The van der Waals surface area contributed by atoms with Crippen molar-refractivity contribution in [2.75, 3.05) is 27.2 Å². The average Bonchev–Trinajstić information content (AvgIpc) is 3.46. The summed E-state index contributed by atoms with van der Waals surface area (Å²) in [6.07, 6.45) is 2.20. The summed E-state index contributed by atoms with van der Waals surface area (Å²) in [7, 11) is 3.91. The number of furan rings is 1. The lowest BCUT2D eigenvalue weighted by Crippen LogP contribution is -2.32. The number of carbonyl (C=O) groups is 2. The molecule has 4 rings (SSSR count). The fraction of sp³-hybridized carbons (Fsp3) is 0.320. The molecule has 8 nitrogen and oxygen atoms in total. The van der Waals surface area contributed by atoms with Gasteiger partial charge in [0.15, 0.2) is 0 Å². The number of aliphatic hydroxyl groups excluding tert-OH is 1. The van der Waals surface area contributed by atoms with E-state index in [1.165, 1.54) is 11.1 Å². The van der Waals surface area contributed by atoms with Gasteiger partial charge in [0.2, 0.25) is 0 Å². The number of likely N-dealkylation sites (tertiary alicyclic amines) is 1. The number of benzene rings is 1. The van der Waals surface area contributed by atoms with Gasteiger partial charge in [-0.3, -0.25) is 9.59 Å². The van der Waals surface area contributed by atoms with E-state index in [1.807, 2.05) is 56.3 Å². The smallest absolute Gasteiger partial charge is 0.295 e.